The van der Waals surface area contributed by atoms with Gasteiger partial charge in [0.2, 0.25) is 0 Å². The first-order chi connectivity index (χ1) is 10.3. The van der Waals surface area contributed by atoms with Crippen molar-refractivity contribution in [3.05, 3.63) is 66.0 Å². The van der Waals surface area contributed by atoms with Crippen LogP contribution in [0.1, 0.15) is 19.9 Å². The maximum Gasteiger partial charge on any atom is 0.339 e. The van der Waals surface area contributed by atoms with Crippen LogP contribution in [0.5, 0.6) is 0 Å². The summed E-state index contributed by atoms with van der Waals surface area (Å²) in [5, 5.41) is 6.91. The average molecular weight is 375 g/mol. The maximum absolute atomic E-state index is 3.53. The molecule has 0 aliphatic carbocycles. The van der Waals surface area contributed by atoms with Gasteiger partial charge in [-0.25, -0.2) is 9.88 Å². The monoisotopic (exact) mass is 374 g/mol. The molecular weight excluding hydrogens is 356 g/mol. The highest BCUT2D eigenvalue weighted by Crippen LogP contribution is 2.27. The largest absolute Gasteiger partial charge is 1.00 e. The molecule has 0 bridgehead atoms. The molecule has 0 spiro atoms. The molecule has 1 N–H and O–H groups in total. The third kappa shape index (κ3) is 3.57. The van der Waals surface area contributed by atoms with Crippen molar-refractivity contribution in [2.24, 2.45) is 0 Å². The lowest BCUT2D eigenvalue weighted by atomic mass is 10.1. The number of halogens is 1. The predicted molar refractivity (Wildman–Crippen MR) is 90.1 cm³/mol. The van der Waals surface area contributed by atoms with Gasteiger partial charge in [-0.1, -0.05) is 59.9 Å². The SMILES string of the molecule is CC(C)[n+]1c(-c2ccccc2)csc1Nc1ccccc1.[Br-]. The highest BCUT2D eigenvalue weighted by Gasteiger charge is 2.21. The number of thiazole rings is 1. The van der Waals surface area contributed by atoms with Crippen LogP contribution in [0.2, 0.25) is 0 Å². The molecule has 0 radical (unpaired) electrons. The van der Waals surface area contributed by atoms with Gasteiger partial charge >= 0.3 is 5.13 Å². The van der Waals surface area contributed by atoms with E-state index in [-0.39, 0.29) is 17.0 Å². The summed E-state index contributed by atoms with van der Waals surface area (Å²) in [6.07, 6.45) is 0. The molecule has 2 nitrogen and oxygen atoms in total. The minimum absolute atomic E-state index is 0. The zero-order valence-electron chi connectivity index (χ0n) is 12.7. The van der Waals surface area contributed by atoms with Crippen molar-refractivity contribution in [1.29, 1.82) is 0 Å². The van der Waals surface area contributed by atoms with Gasteiger partial charge in [-0.2, -0.15) is 0 Å². The number of para-hydroxylation sites is 1. The average Bonchev–Trinajstić information content (AvgIpc) is 2.93. The van der Waals surface area contributed by atoms with Gasteiger partial charge in [0.25, 0.3) is 0 Å². The Morgan fingerprint density at radius 2 is 1.50 bits per heavy atom. The fourth-order valence-electron chi connectivity index (χ4n) is 2.40. The van der Waals surface area contributed by atoms with Gasteiger partial charge in [0.1, 0.15) is 11.4 Å². The Morgan fingerprint density at radius 3 is 2.09 bits per heavy atom. The van der Waals surface area contributed by atoms with E-state index >= 15 is 0 Å². The second-order valence-electron chi connectivity index (χ2n) is 5.25. The van der Waals surface area contributed by atoms with E-state index in [1.54, 1.807) is 11.3 Å². The molecule has 0 saturated heterocycles. The van der Waals surface area contributed by atoms with Crippen LogP contribution < -0.4 is 26.9 Å². The Bertz CT molecular complexity index is 708. The first kappa shape index (κ1) is 16.7. The zero-order valence-corrected chi connectivity index (χ0v) is 15.1. The van der Waals surface area contributed by atoms with Crippen molar-refractivity contribution < 1.29 is 21.5 Å². The summed E-state index contributed by atoms with van der Waals surface area (Å²) in [6.45, 7) is 4.44. The Morgan fingerprint density at radius 1 is 0.909 bits per heavy atom. The van der Waals surface area contributed by atoms with Gasteiger partial charge in [0, 0.05) is 10.9 Å². The van der Waals surface area contributed by atoms with Crippen LogP contribution in [0.15, 0.2) is 66.0 Å². The summed E-state index contributed by atoms with van der Waals surface area (Å²) in [6, 6.07) is 21.3. The van der Waals surface area contributed by atoms with Crippen LogP contribution >= 0.6 is 11.3 Å². The maximum atomic E-state index is 3.53. The lowest BCUT2D eigenvalue weighted by molar-refractivity contribution is -0.688. The quantitative estimate of drug-likeness (QED) is 0.690. The fourth-order valence-corrected chi connectivity index (χ4v) is 3.47. The standard InChI is InChI=1S/C18H18N2S.BrH/c1-14(2)20-17(15-9-5-3-6-10-15)13-21-18(20)19-16-11-7-4-8-12-16;/h3-14H,1-2H3;1H. The molecule has 0 atom stereocenters. The first-order valence-electron chi connectivity index (χ1n) is 7.16. The minimum Gasteiger partial charge on any atom is -1.00 e. The van der Waals surface area contributed by atoms with Gasteiger partial charge in [0.15, 0.2) is 0 Å². The lowest BCUT2D eigenvalue weighted by Crippen LogP contribution is -3.00. The van der Waals surface area contributed by atoms with Crippen LogP contribution in [0.3, 0.4) is 0 Å². The highest BCUT2D eigenvalue weighted by atomic mass is 79.9. The lowest BCUT2D eigenvalue weighted by Gasteiger charge is -2.09. The normalized spacial score (nSPS) is 10.3. The molecule has 0 saturated carbocycles. The fraction of sp³-hybridized carbons (Fsp3) is 0.167. The third-order valence-electron chi connectivity index (χ3n) is 3.37. The molecule has 3 rings (SSSR count). The van der Waals surface area contributed by atoms with Crippen LogP contribution in [-0.2, 0) is 0 Å². The van der Waals surface area contributed by atoms with E-state index in [2.05, 4.69) is 71.6 Å². The molecule has 1 heterocycles. The molecule has 0 aliphatic heterocycles. The number of nitrogens with one attached hydrogen (secondary N) is 1. The van der Waals surface area contributed by atoms with E-state index in [9.17, 15) is 0 Å². The van der Waals surface area contributed by atoms with Gasteiger partial charge in [0.05, 0.1) is 6.04 Å². The number of hydrogen-bond donors (Lipinski definition) is 1. The molecule has 0 fully saturated rings. The van der Waals surface area contributed by atoms with Crippen molar-refractivity contribution in [3.8, 4) is 11.3 Å². The Balaban J connectivity index is 0.00000176. The number of anilines is 2. The van der Waals surface area contributed by atoms with E-state index in [1.165, 1.54) is 11.3 Å². The van der Waals surface area contributed by atoms with Gasteiger partial charge in [-0.15, -0.1) is 0 Å². The molecule has 4 heteroatoms. The number of rotatable bonds is 4. The zero-order chi connectivity index (χ0) is 14.7. The summed E-state index contributed by atoms with van der Waals surface area (Å²) in [7, 11) is 0. The van der Waals surface area contributed by atoms with Crippen molar-refractivity contribution in [2.45, 2.75) is 19.9 Å². The van der Waals surface area contributed by atoms with Crippen molar-refractivity contribution >= 4 is 22.2 Å². The van der Waals surface area contributed by atoms with Crippen molar-refractivity contribution in [3.63, 3.8) is 0 Å². The summed E-state index contributed by atoms with van der Waals surface area (Å²) in [4.78, 5) is 0. The molecule has 0 amide bonds. The Labute approximate surface area is 146 Å². The number of nitrogens with zero attached hydrogens (tertiary/aromatic N) is 1. The minimum atomic E-state index is 0. The van der Waals surface area contributed by atoms with E-state index < -0.39 is 0 Å². The Hall–Kier alpha value is -1.65. The van der Waals surface area contributed by atoms with E-state index in [0.29, 0.717) is 6.04 Å². The predicted octanol–water partition coefficient (Wildman–Crippen LogP) is 2.03. The topological polar surface area (TPSA) is 15.9 Å². The van der Waals surface area contributed by atoms with E-state index in [4.69, 9.17) is 0 Å². The molecule has 1 aromatic heterocycles. The number of hydrogen-bond acceptors (Lipinski definition) is 2. The first-order valence-corrected chi connectivity index (χ1v) is 8.04. The second kappa shape index (κ2) is 7.56. The summed E-state index contributed by atoms with van der Waals surface area (Å²) in [5.74, 6) is 0. The molecule has 3 aromatic rings. The molecule has 2 aromatic carbocycles. The number of benzene rings is 2. The molecule has 0 unspecified atom stereocenters. The van der Waals surface area contributed by atoms with Gasteiger partial charge in [-0.05, 0) is 26.0 Å². The summed E-state index contributed by atoms with van der Waals surface area (Å²) >= 11 is 1.75. The van der Waals surface area contributed by atoms with Crippen molar-refractivity contribution in [2.75, 3.05) is 5.32 Å². The molecule has 0 aliphatic rings. The highest BCUT2D eigenvalue weighted by molar-refractivity contribution is 7.13. The van der Waals surface area contributed by atoms with Crippen molar-refractivity contribution in [1.82, 2.24) is 0 Å². The smallest absolute Gasteiger partial charge is 0.339 e. The summed E-state index contributed by atoms with van der Waals surface area (Å²) < 4.78 is 2.35. The summed E-state index contributed by atoms with van der Waals surface area (Å²) in [5.41, 5.74) is 3.63. The molecule has 114 valence electrons. The van der Waals surface area contributed by atoms with Crippen LogP contribution in [-0.4, -0.2) is 0 Å². The van der Waals surface area contributed by atoms with E-state index in [0.717, 1.165) is 10.8 Å². The van der Waals surface area contributed by atoms with Crippen LogP contribution in [0, 0.1) is 0 Å². The molecular formula is C18H19BrN2S. The van der Waals surface area contributed by atoms with Gasteiger partial charge in [-0.3, -0.25) is 0 Å². The second-order valence-corrected chi connectivity index (χ2v) is 6.10. The van der Waals surface area contributed by atoms with Crippen LogP contribution in [0.4, 0.5) is 10.8 Å². The third-order valence-corrected chi connectivity index (χ3v) is 4.23. The van der Waals surface area contributed by atoms with E-state index in [1.807, 2.05) is 18.2 Å². The molecule has 22 heavy (non-hydrogen) atoms. The van der Waals surface area contributed by atoms with Gasteiger partial charge < -0.3 is 17.0 Å². The number of aromatic nitrogens is 1. The van der Waals surface area contributed by atoms with Crippen LogP contribution in [0.25, 0.3) is 11.3 Å². The Kier molecular flexibility index (Phi) is 5.75.